The highest BCUT2D eigenvalue weighted by atomic mass is 35.5. The summed E-state index contributed by atoms with van der Waals surface area (Å²) < 4.78 is 4.90. The van der Waals surface area contributed by atoms with E-state index in [0.29, 0.717) is 18.2 Å². The van der Waals surface area contributed by atoms with E-state index in [4.69, 9.17) is 16.3 Å². The zero-order valence-corrected chi connectivity index (χ0v) is 14.9. The Bertz CT molecular complexity index is 570. The van der Waals surface area contributed by atoms with Gasteiger partial charge in [0.15, 0.2) is 0 Å². The fourth-order valence-electron chi connectivity index (χ4n) is 2.46. The predicted octanol–water partition coefficient (Wildman–Crippen LogP) is 2.41. The van der Waals surface area contributed by atoms with E-state index < -0.39 is 0 Å². The number of ether oxygens (including phenoxy) is 1. The number of amides is 1. The number of thioether (sulfide) groups is 1. The first-order valence-electron chi connectivity index (χ1n) is 7.52. The monoisotopic (exact) mass is 356 g/mol. The van der Waals surface area contributed by atoms with Crippen LogP contribution in [-0.4, -0.2) is 60.7 Å². The third-order valence-corrected chi connectivity index (χ3v) is 5.08. The number of esters is 1. The number of benzene rings is 1. The van der Waals surface area contributed by atoms with Crippen LogP contribution in [0.5, 0.6) is 0 Å². The number of rotatable bonds is 6. The second kappa shape index (κ2) is 8.57. The van der Waals surface area contributed by atoms with E-state index in [1.807, 2.05) is 29.2 Å². The van der Waals surface area contributed by atoms with Gasteiger partial charge in [-0.25, -0.2) is 0 Å². The molecule has 1 aliphatic heterocycles. The van der Waals surface area contributed by atoms with Gasteiger partial charge in [-0.15, -0.1) is 11.8 Å². The second-order valence-electron chi connectivity index (χ2n) is 5.31. The summed E-state index contributed by atoms with van der Waals surface area (Å²) in [7, 11) is 1.74. The molecule has 0 aromatic heterocycles. The summed E-state index contributed by atoms with van der Waals surface area (Å²) in [6, 6.07) is 7.60. The molecule has 0 radical (unpaired) electrons. The van der Waals surface area contributed by atoms with Crippen molar-refractivity contribution >= 4 is 35.2 Å². The Morgan fingerprint density at radius 2 is 2.13 bits per heavy atom. The Morgan fingerprint density at radius 3 is 2.83 bits per heavy atom. The normalized spacial score (nSPS) is 17.6. The van der Waals surface area contributed by atoms with E-state index in [1.54, 1.807) is 30.6 Å². The summed E-state index contributed by atoms with van der Waals surface area (Å²) in [6.45, 7) is 3.08. The molecule has 0 N–H and O–H groups in total. The molecule has 1 saturated heterocycles. The number of carbonyl (C=O) groups excluding carboxylic acids is 2. The summed E-state index contributed by atoms with van der Waals surface area (Å²) in [5.41, 5.74) is 0.957. The van der Waals surface area contributed by atoms with E-state index in [0.717, 1.165) is 11.3 Å². The van der Waals surface area contributed by atoms with E-state index >= 15 is 0 Å². The standard InChI is InChI=1S/C16H21ClN2O3S/c1-3-22-15(21)11-18(2)10-14(20)19-8-9-23-16(19)12-6-4-5-7-13(12)17/h4-7,16H,3,8-11H2,1-2H3/t16-/m1/s1. The van der Waals surface area contributed by atoms with Crippen molar-refractivity contribution < 1.29 is 14.3 Å². The first-order chi connectivity index (χ1) is 11.0. The van der Waals surface area contributed by atoms with Gasteiger partial charge in [0.25, 0.3) is 0 Å². The molecule has 1 amide bonds. The molecule has 5 nitrogen and oxygen atoms in total. The Labute approximate surface area is 145 Å². The molecule has 0 saturated carbocycles. The number of carbonyl (C=O) groups is 2. The summed E-state index contributed by atoms with van der Waals surface area (Å²) >= 11 is 7.97. The SMILES string of the molecule is CCOC(=O)CN(C)CC(=O)N1CCS[C@@H]1c1ccccc1Cl. The van der Waals surface area contributed by atoms with Crippen LogP contribution in [0.2, 0.25) is 5.02 Å². The van der Waals surface area contributed by atoms with Gasteiger partial charge in [0.05, 0.1) is 19.7 Å². The molecule has 0 unspecified atom stereocenters. The molecular formula is C16H21ClN2O3S. The molecule has 1 aromatic rings. The molecule has 1 aliphatic rings. The summed E-state index contributed by atoms with van der Waals surface area (Å²) in [6.07, 6.45) is 0. The maximum Gasteiger partial charge on any atom is 0.320 e. The molecule has 1 fully saturated rings. The third kappa shape index (κ3) is 4.86. The Morgan fingerprint density at radius 1 is 1.39 bits per heavy atom. The number of halogens is 1. The van der Waals surface area contributed by atoms with Gasteiger partial charge >= 0.3 is 5.97 Å². The largest absolute Gasteiger partial charge is 0.465 e. The Hall–Kier alpha value is -1.24. The smallest absolute Gasteiger partial charge is 0.320 e. The highest BCUT2D eigenvalue weighted by Gasteiger charge is 2.32. The average Bonchev–Trinajstić information content (AvgIpc) is 2.97. The molecule has 126 valence electrons. The lowest BCUT2D eigenvalue weighted by atomic mass is 10.2. The Kier molecular flexibility index (Phi) is 6.74. The lowest BCUT2D eigenvalue weighted by Crippen LogP contribution is -2.40. The minimum Gasteiger partial charge on any atom is -0.465 e. The highest BCUT2D eigenvalue weighted by Crippen LogP contribution is 2.40. The van der Waals surface area contributed by atoms with Gasteiger partial charge in [0, 0.05) is 22.9 Å². The van der Waals surface area contributed by atoms with Crippen molar-refractivity contribution in [2.45, 2.75) is 12.3 Å². The first kappa shape index (κ1) is 18.1. The Balaban J connectivity index is 1.98. The topological polar surface area (TPSA) is 49.9 Å². The van der Waals surface area contributed by atoms with Crippen LogP contribution in [0.25, 0.3) is 0 Å². The molecule has 0 spiro atoms. The minimum absolute atomic E-state index is 0.00767. The van der Waals surface area contributed by atoms with Crippen molar-refractivity contribution in [1.29, 1.82) is 0 Å². The molecule has 2 rings (SSSR count). The molecule has 23 heavy (non-hydrogen) atoms. The maximum absolute atomic E-state index is 12.6. The van der Waals surface area contributed by atoms with E-state index in [2.05, 4.69) is 0 Å². The number of hydrogen-bond acceptors (Lipinski definition) is 5. The van der Waals surface area contributed by atoms with Gasteiger partial charge in [0.2, 0.25) is 5.91 Å². The summed E-state index contributed by atoms with van der Waals surface area (Å²) in [5, 5.41) is 0.608. The predicted molar refractivity (Wildman–Crippen MR) is 92.5 cm³/mol. The maximum atomic E-state index is 12.6. The quantitative estimate of drug-likeness (QED) is 0.733. The van der Waals surface area contributed by atoms with Crippen LogP contribution in [0.15, 0.2) is 24.3 Å². The van der Waals surface area contributed by atoms with E-state index in [-0.39, 0.29) is 30.3 Å². The van der Waals surface area contributed by atoms with Crippen LogP contribution >= 0.6 is 23.4 Å². The van der Waals surface area contributed by atoms with Crippen LogP contribution in [-0.2, 0) is 14.3 Å². The van der Waals surface area contributed by atoms with Crippen molar-refractivity contribution in [3.8, 4) is 0 Å². The van der Waals surface area contributed by atoms with Crippen LogP contribution in [0.1, 0.15) is 17.9 Å². The van der Waals surface area contributed by atoms with Crippen LogP contribution in [0, 0.1) is 0 Å². The minimum atomic E-state index is -0.318. The average molecular weight is 357 g/mol. The van der Waals surface area contributed by atoms with Crippen molar-refractivity contribution in [2.24, 2.45) is 0 Å². The van der Waals surface area contributed by atoms with Crippen LogP contribution in [0.4, 0.5) is 0 Å². The number of nitrogens with zero attached hydrogens (tertiary/aromatic N) is 2. The van der Waals surface area contributed by atoms with Crippen molar-refractivity contribution in [3.05, 3.63) is 34.9 Å². The fraction of sp³-hybridized carbons (Fsp3) is 0.500. The lowest BCUT2D eigenvalue weighted by Gasteiger charge is -2.26. The number of likely N-dealkylation sites (N-methyl/N-ethyl adjacent to an activating group) is 1. The molecule has 7 heteroatoms. The molecule has 1 atom stereocenters. The van der Waals surface area contributed by atoms with Gasteiger partial charge in [0.1, 0.15) is 5.37 Å². The highest BCUT2D eigenvalue weighted by molar-refractivity contribution is 7.99. The summed E-state index contributed by atoms with van der Waals surface area (Å²) in [5.74, 6) is 0.552. The van der Waals surface area contributed by atoms with E-state index in [9.17, 15) is 9.59 Å². The molecule has 1 heterocycles. The van der Waals surface area contributed by atoms with Crippen molar-refractivity contribution in [2.75, 3.05) is 39.0 Å². The van der Waals surface area contributed by atoms with Gasteiger partial charge < -0.3 is 9.64 Å². The number of hydrogen-bond donors (Lipinski definition) is 0. The van der Waals surface area contributed by atoms with Gasteiger partial charge in [-0.3, -0.25) is 14.5 Å². The van der Waals surface area contributed by atoms with Crippen LogP contribution < -0.4 is 0 Å². The van der Waals surface area contributed by atoms with Gasteiger partial charge in [-0.05, 0) is 20.0 Å². The second-order valence-corrected chi connectivity index (χ2v) is 6.90. The zero-order valence-electron chi connectivity index (χ0n) is 13.3. The first-order valence-corrected chi connectivity index (χ1v) is 8.95. The van der Waals surface area contributed by atoms with Gasteiger partial charge in [-0.2, -0.15) is 0 Å². The fourth-order valence-corrected chi connectivity index (χ4v) is 4.08. The summed E-state index contributed by atoms with van der Waals surface area (Å²) in [4.78, 5) is 27.5. The third-order valence-electron chi connectivity index (χ3n) is 3.49. The molecular weight excluding hydrogens is 336 g/mol. The van der Waals surface area contributed by atoms with Crippen LogP contribution in [0.3, 0.4) is 0 Å². The van der Waals surface area contributed by atoms with Crippen molar-refractivity contribution in [1.82, 2.24) is 9.80 Å². The molecule has 1 aromatic carbocycles. The molecule has 0 aliphatic carbocycles. The van der Waals surface area contributed by atoms with E-state index in [1.165, 1.54) is 0 Å². The zero-order chi connectivity index (χ0) is 16.8. The molecule has 0 bridgehead atoms. The van der Waals surface area contributed by atoms with Crippen molar-refractivity contribution in [3.63, 3.8) is 0 Å². The lowest BCUT2D eigenvalue weighted by molar-refractivity contribution is -0.144. The van der Waals surface area contributed by atoms with Gasteiger partial charge in [-0.1, -0.05) is 29.8 Å².